The number of nitrogens with one attached hydrogen (secondary N) is 2. The van der Waals surface area contributed by atoms with Crippen LogP contribution in [0.3, 0.4) is 0 Å². The molecular formula is C21H25ClN3O2+. The van der Waals surface area contributed by atoms with Gasteiger partial charge in [0, 0.05) is 18.4 Å². The van der Waals surface area contributed by atoms with Gasteiger partial charge in [0.25, 0.3) is 5.91 Å². The van der Waals surface area contributed by atoms with Gasteiger partial charge in [0.05, 0.1) is 36.5 Å². The minimum Gasteiger partial charge on any atom is -0.496 e. The second-order valence-electron chi connectivity index (χ2n) is 6.78. The van der Waals surface area contributed by atoms with Crippen molar-refractivity contribution in [2.45, 2.75) is 26.3 Å². The van der Waals surface area contributed by atoms with Crippen LogP contribution in [0.25, 0.3) is 0 Å². The van der Waals surface area contributed by atoms with Gasteiger partial charge in [-0.25, -0.2) is 5.43 Å². The molecule has 0 radical (unpaired) electrons. The van der Waals surface area contributed by atoms with Crippen molar-refractivity contribution >= 4 is 23.2 Å². The van der Waals surface area contributed by atoms with Crippen LogP contribution in [-0.2, 0) is 6.54 Å². The number of carbonyl (C=O) groups excluding carboxylic acids is 1. The molecule has 1 amide bonds. The maximum atomic E-state index is 12.3. The van der Waals surface area contributed by atoms with Gasteiger partial charge in [-0.15, -0.1) is 0 Å². The maximum absolute atomic E-state index is 12.3. The van der Waals surface area contributed by atoms with Crippen molar-refractivity contribution in [3.8, 4) is 5.75 Å². The molecule has 27 heavy (non-hydrogen) atoms. The summed E-state index contributed by atoms with van der Waals surface area (Å²) in [4.78, 5) is 13.8. The second kappa shape index (κ2) is 9.02. The number of ether oxygens (including phenoxy) is 1. The zero-order chi connectivity index (χ0) is 19.2. The zero-order valence-corrected chi connectivity index (χ0v) is 16.5. The van der Waals surface area contributed by atoms with E-state index in [1.165, 1.54) is 31.5 Å². The van der Waals surface area contributed by atoms with Gasteiger partial charge in [-0.1, -0.05) is 23.7 Å². The summed E-state index contributed by atoms with van der Waals surface area (Å²) < 4.78 is 5.52. The van der Waals surface area contributed by atoms with Gasteiger partial charge in [0.2, 0.25) is 0 Å². The van der Waals surface area contributed by atoms with Crippen LogP contribution in [0.2, 0.25) is 5.02 Å². The molecule has 1 aliphatic rings. The topological polar surface area (TPSA) is 55.1 Å². The van der Waals surface area contributed by atoms with Gasteiger partial charge in [-0.2, -0.15) is 5.10 Å². The molecule has 2 aromatic rings. The summed E-state index contributed by atoms with van der Waals surface area (Å²) in [6.07, 6.45) is 2.57. The first kappa shape index (κ1) is 19.4. The van der Waals surface area contributed by atoms with E-state index in [4.69, 9.17) is 16.3 Å². The molecule has 2 aromatic carbocycles. The molecule has 1 heterocycles. The lowest BCUT2D eigenvalue weighted by Crippen LogP contribution is -3.08. The van der Waals surface area contributed by atoms with Gasteiger partial charge in [-0.05, 0) is 42.8 Å². The first-order valence-corrected chi connectivity index (χ1v) is 9.56. The van der Waals surface area contributed by atoms with E-state index >= 15 is 0 Å². The molecule has 1 aliphatic heterocycles. The van der Waals surface area contributed by atoms with Crippen molar-refractivity contribution in [3.63, 3.8) is 0 Å². The number of nitrogens with zero attached hydrogens (tertiary/aromatic N) is 1. The van der Waals surface area contributed by atoms with Gasteiger partial charge < -0.3 is 9.64 Å². The highest BCUT2D eigenvalue weighted by Crippen LogP contribution is 2.20. The van der Waals surface area contributed by atoms with Crippen LogP contribution in [0.1, 0.15) is 41.3 Å². The predicted molar refractivity (Wildman–Crippen MR) is 108 cm³/mol. The van der Waals surface area contributed by atoms with Crippen LogP contribution < -0.4 is 15.1 Å². The first-order chi connectivity index (χ1) is 13.1. The molecule has 1 saturated heterocycles. The summed E-state index contributed by atoms with van der Waals surface area (Å²) in [5.41, 5.74) is 5.85. The molecule has 0 spiro atoms. The summed E-state index contributed by atoms with van der Waals surface area (Å²) in [5.74, 6) is 0.571. The van der Waals surface area contributed by atoms with E-state index in [1.54, 1.807) is 36.3 Å². The summed E-state index contributed by atoms with van der Waals surface area (Å²) >= 11 is 6.06. The van der Waals surface area contributed by atoms with E-state index in [-0.39, 0.29) is 5.91 Å². The summed E-state index contributed by atoms with van der Waals surface area (Å²) in [5, 5.41) is 4.66. The van der Waals surface area contributed by atoms with Crippen molar-refractivity contribution in [3.05, 3.63) is 64.2 Å². The number of hydrogen-bond acceptors (Lipinski definition) is 3. The highest BCUT2D eigenvalue weighted by molar-refractivity contribution is 6.33. The van der Waals surface area contributed by atoms with Crippen LogP contribution in [0.4, 0.5) is 0 Å². The third kappa shape index (κ3) is 4.87. The Morgan fingerprint density at radius 3 is 2.67 bits per heavy atom. The number of hydrogen-bond donors (Lipinski definition) is 2. The predicted octanol–water partition coefficient (Wildman–Crippen LogP) is 2.68. The molecule has 0 saturated carbocycles. The number of quaternary nitrogens is 1. The van der Waals surface area contributed by atoms with Crippen molar-refractivity contribution < 1.29 is 14.4 Å². The number of benzene rings is 2. The SMILES string of the molecule is COc1ccc(/C(C)=N\NC(=O)c2ccccc2Cl)cc1C[NH+]1CCCC1. The number of amides is 1. The smallest absolute Gasteiger partial charge is 0.272 e. The molecule has 2 N–H and O–H groups in total. The molecule has 0 atom stereocenters. The minimum absolute atomic E-state index is 0.324. The Morgan fingerprint density at radius 1 is 1.22 bits per heavy atom. The minimum atomic E-state index is -0.324. The van der Waals surface area contributed by atoms with Crippen LogP contribution in [0.5, 0.6) is 5.75 Å². The summed E-state index contributed by atoms with van der Waals surface area (Å²) in [7, 11) is 1.70. The van der Waals surface area contributed by atoms with Crippen molar-refractivity contribution in [2.75, 3.05) is 20.2 Å². The Morgan fingerprint density at radius 2 is 1.96 bits per heavy atom. The number of carbonyl (C=O) groups is 1. The Balaban J connectivity index is 1.75. The molecule has 3 rings (SSSR count). The quantitative estimate of drug-likeness (QED) is 0.592. The highest BCUT2D eigenvalue weighted by atomic mass is 35.5. The van der Waals surface area contributed by atoms with E-state index in [0.29, 0.717) is 10.6 Å². The Hall–Kier alpha value is -2.37. The standard InChI is InChI=1S/C21H24ClN3O2/c1-15(23-24-21(26)18-7-3-4-8-19(18)22)16-9-10-20(27-2)17(13-16)14-25-11-5-6-12-25/h3-4,7-10,13H,5-6,11-12,14H2,1-2H3,(H,24,26)/p+1/b23-15-. The number of rotatable bonds is 6. The Labute approximate surface area is 165 Å². The van der Waals surface area contributed by atoms with Gasteiger partial charge in [0.1, 0.15) is 12.3 Å². The Kier molecular flexibility index (Phi) is 6.48. The molecule has 0 bridgehead atoms. The highest BCUT2D eigenvalue weighted by Gasteiger charge is 2.18. The lowest BCUT2D eigenvalue weighted by atomic mass is 10.1. The van der Waals surface area contributed by atoms with Crippen LogP contribution >= 0.6 is 11.6 Å². The molecule has 0 aromatic heterocycles. The molecule has 0 unspecified atom stereocenters. The molecule has 1 fully saturated rings. The van der Waals surface area contributed by atoms with E-state index in [0.717, 1.165) is 23.6 Å². The average Bonchev–Trinajstić information content (AvgIpc) is 3.19. The van der Waals surface area contributed by atoms with Crippen molar-refractivity contribution in [1.29, 1.82) is 0 Å². The largest absolute Gasteiger partial charge is 0.496 e. The lowest BCUT2D eigenvalue weighted by Gasteiger charge is -2.15. The molecule has 6 heteroatoms. The average molecular weight is 387 g/mol. The number of hydrazone groups is 1. The molecule has 142 valence electrons. The van der Waals surface area contributed by atoms with Gasteiger partial charge in [-0.3, -0.25) is 4.79 Å². The normalized spacial score (nSPS) is 15.0. The number of methoxy groups -OCH3 is 1. The second-order valence-corrected chi connectivity index (χ2v) is 7.19. The third-order valence-electron chi connectivity index (χ3n) is 4.89. The molecule has 5 nitrogen and oxygen atoms in total. The van der Waals surface area contributed by atoms with Crippen molar-refractivity contribution in [2.24, 2.45) is 5.10 Å². The first-order valence-electron chi connectivity index (χ1n) is 9.18. The van der Waals surface area contributed by atoms with E-state index in [2.05, 4.69) is 16.6 Å². The van der Waals surface area contributed by atoms with E-state index in [1.807, 2.05) is 19.1 Å². The van der Waals surface area contributed by atoms with Gasteiger partial charge >= 0.3 is 0 Å². The fraction of sp³-hybridized carbons (Fsp3) is 0.333. The van der Waals surface area contributed by atoms with E-state index < -0.39 is 0 Å². The Bertz CT molecular complexity index is 845. The van der Waals surface area contributed by atoms with Crippen LogP contribution in [0.15, 0.2) is 47.6 Å². The zero-order valence-electron chi connectivity index (χ0n) is 15.7. The number of likely N-dealkylation sites (tertiary alicyclic amines) is 1. The summed E-state index contributed by atoms with van der Waals surface area (Å²) in [6.45, 7) is 5.22. The van der Waals surface area contributed by atoms with E-state index in [9.17, 15) is 4.79 Å². The molecule has 0 aliphatic carbocycles. The monoisotopic (exact) mass is 386 g/mol. The summed E-state index contributed by atoms with van der Waals surface area (Å²) in [6, 6.07) is 12.9. The third-order valence-corrected chi connectivity index (χ3v) is 5.22. The van der Waals surface area contributed by atoms with Crippen LogP contribution in [-0.4, -0.2) is 31.8 Å². The number of halogens is 1. The van der Waals surface area contributed by atoms with Crippen LogP contribution in [0, 0.1) is 0 Å². The lowest BCUT2D eigenvalue weighted by molar-refractivity contribution is -0.901. The van der Waals surface area contributed by atoms with Crippen molar-refractivity contribution in [1.82, 2.24) is 5.43 Å². The van der Waals surface area contributed by atoms with Gasteiger partial charge in [0.15, 0.2) is 0 Å². The fourth-order valence-electron chi connectivity index (χ4n) is 3.37. The maximum Gasteiger partial charge on any atom is 0.272 e. The fourth-order valence-corrected chi connectivity index (χ4v) is 3.59. The molecular weight excluding hydrogens is 362 g/mol.